The van der Waals surface area contributed by atoms with Crippen molar-refractivity contribution in [2.75, 3.05) is 20.8 Å². The number of hydrogen-bond donors (Lipinski definition) is 1. The van der Waals surface area contributed by atoms with E-state index < -0.39 is 0 Å². The minimum Gasteiger partial charge on any atom is -0.385 e. The van der Waals surface area contributed by atoms with Gasteiger partial charge in [0.1, 0.15) is 0 Å². The SMILES string of the molecule is CNC(CCCCCOC)c1ccccc1. The number of methoxy groups -OCH3 is 1. The van der Waals surface area contributed by atoms with Gasteiger partial charge in [0.15, 0.2) is 0 Å². The second-order valence-corrected chi connectivity index (χ2v) is 4.09. The summed E-state index contributed by atoms with van der Waals surface area (Å²) in [5.41, 5.74) is 1.39. The Bertz CT molecular complexity index is 261. The first-order valence-electron chi connectivity index (χ1n) is 6.09. The van der Waals surface area contributed by atoms with Crippen molar-refractivity contribution < 1.29 is 4.74 Å². The molecule has 0 amide bonds. The van der Waals surface area contributed by atoms with Crippen LogP contribution in [0.4, 0.5) is 0 Å². The fraction of sp³-hybridized carbons (Fsp3) is 0.571. The summed E-state index contributed by atoms with van der Waals surface area (Å²) in [5, 5.41) is 3.38. The molecule has 1 aromatic carbocycles. The molecule has 0 aromatic heterocycles. The smallest absolute Gasteiger partial charge is 0.0462 e. The van der Waals surface area contributed by atoms with Gasteiger partial charge in [0.25, 0.3) is 0 Å². The van der Waals surface area contributed by atoms with E-state index in [2.05, 4.69) is 35.6 Å². The zero-order valence-electron chi connectivity index (χ0n) is 10.4. The van der Waals surface area contributed by atoms with E-state index in [1.165, 1.54) is 31.2 Å². The molecule has 0 aliphatic rings. The average molecular weight is 221 g/mol. The topological polar surface area (TPSA) is 21.3 Å². The van der Waals surface area contributed by atoms with Crippen LogP contribution < -0.4 is 5.32 Å². The Kier molecular flexibility index (Phi) is 6.86. The second kappa shape index (κ2) is 8.31. The average Bonchev–Trinajstić information content (AvgIpc) is 2.35. The normalized spacial score (nSPS) is 12.6. The summed E-state index contributed by atoms with van der Waals surface area (Å²) in [5.74, 6) is 0. The largest absolute Gasteiger partial charge is 0.385 e. The molecule has 2 heteroatoms. The molecular formula is C14H23NO. The van der Waals surface area contributed by atoms with Crippen LogP contribution in [0.1, 0.15) is 37.3 Å². The first kappa shape index (κ1) is 13.2. The van der Waals surface area contributed by atoms with Crippen LogP contribution in [0.25, 0.3) is 0 Å². The third kappa shape index (κ3) is 4.77. The third-order valence-electron chi connectivity index (χ3n) is 2.89. The maximum Gasteiger partial charge on any atom is 0.0462 e. The van der Waals surface area contributed by atoms with Gasteiger partial charge in [-0.25, -0.2) is 0 Å². The molecule has 0 saturated carbocycles. The lowest BCUT2D eigenvalue weighted by atomic mass is 10.0. The maximum atomic E-state index is 5.04. The monoisotopic (exact) mass is 221 g/mol. The Morgan fingerprint density at radius 2 is 1.88 bits per heavy atom. The van der Waals surface area contributed by atoms with E-state index in [-0.39, 0.29) is 0 Å². The molecule has 1 aromatic rings. The lowest BCUT2D eigenvalue weighted by molar-refractivity contribution is 0.191. The number of hydrogen-bond acceptors (Lipinski definition) is 2. The molecule has 0 bridgehead atoms. The summed E-state index contributed by atoms with van der Waals surface area (Å²) in [6.45, 7) is 0.884. The first-order chi connectivity index (χ1) is 7.88. The van der Waals surface area contributed by atoms with Gasteiger partial charge < -0.3 is 10.1 Å². The molecule has 0 aliphatic carbocycles. The molecule has 0 fully saturated rings. The minimum absolute atomic E-state index is 0.490. The highest BCUT2D eigenvalue weighted by molar-refractivity contribution is 5.18. The fourth-order valence-corrected chi connectivity index (χ4v) is 1.93. The van der Waals surface area contributed by atoms with E-state index in [0.717, 1.165) is 6.61 Å². The van der Waals surface area contributed by atoms with Crippen LogP contribution in [0, 0.1) is 0 Å². The summed E-state index contributed by atoms with van der Waals surface area (Å²) in [6.07, 6.45) is 4.87. The van der Waals surface area contributed by atoms with Crippen LogP contribution in [-0.4, -0.2) is 20.8 Å². The number of unbranched alkanes of at least 4 members (excludes halogenated alkanes) is 2. The van der Waals surface area contributed by atoms with Gasteiger partial charge in [-0.3, -0.25) is 0 Å². The molecule has 1 unspecified atom stereocenters. The van der Waals surface area contributed by atoms with Crippen LogP contribution in [0.2, 0.25) is 0 Å². The molecule has 0 aliphatic heterocycles. The number of rotatable bonds is 8. The third-order valence-corrected chi connectivity index (χ3v) is 2.89. The van der Waals surface area contributed by atoms with Gasteiger partial charge in [-0.2, -0.15) is 0 Å². The van der Waals surface area contributed by atoms with Crippen molar-refractivity contribution in [3.63, 3.8) is 0 Å². The van der Waals surface area contributed by atoms with Crippen LogP contribution in [-0.2, 0) is 4.74 Å². The van der Waals surface area contributed by atoms with E-state index in [9.17, 15) is 0 Å². The summed E-state index contributed by atoms with van der Waals surface area (Å²) in [6, 6.07) is 11.1. The van der Waals surface area contributed by atoms with Crippen molar-refractivity contribution in [1.29, 1.82) is 0 Å². The molecule has 0 saturated heterocycles. The molecule has 1 N–H and O–H groups in total. The molecule has 0 spiro atoms. The quantitative estimate of drug-likeness (QED) is 0.681. The molecule has 1 rings (SSSR count). The zero-order valence-corrected chi connectivity index (χ0v) is 10.4. The van der Waals surface area contributed by atoms with Crippen molar-refractivity contribution in [2.45, 2.75) is 31.7 Å². The van der Waals surface area contributed by atoms with E-state index in [1.807, 2.05) is 7.05 Å². The van der Waals surface area contributed by atoms with Gasteiger partial charge in [0.2, 0.25) is 0 Å². The van der Waals surface area contributed by atoms with Crippen molar-refractivity contribution in [2.24, 2.45) is 0 Å². The summed E-state index contributed by atoms with van der Waals surface area (Å²) >= 11 is 0. The van der Waals surface area contributed by atoms with Crippen molar-refractivity contribution >= 4 is 0 Å². The van der Waals surface area contributed by atoms with E-state index in [0.29, 0.717) is 6.04 Å². The van der Waals surface area contributed by atoms with Crippen molar-refractivity contribution in [1.82, 2.24) is 5.32 Å². The zero-order chi connectivity index (χ0) is 11.6. The van der Waals surface area contributed by atoms with Gasteiger partial charge in [-0.05, 0) is 25.5 Å². The van der Waals surface area contributed by atoms with Crippen LogP contribution >= 0.6 is 0 Å². The van der Waals surface area contributed by atoms with E-state index in [4.69, 9.17) is 4.74 Å². The molecule has 2 nitrogen and oxygen atoms in total. The number of nitrogens with one attached hydrogen (secondary N) is 1. The molecular weight excluding hydrogens is 198 g/mol. The minimum atomic E-state index is 0.490. The Morgan fingerprint density at radius 1 is 1.12 bits per heavy atom. The highest BCUT2D eigenvalue weighted by Gasteiger charge is 2.07. The highest BCUT2D eigenvalue weighted by atomic mass is 16.5. The Hall–Kier alpha value is -0.860. The van der Waals surface area contributed by atoms with Gasteiger partial charge in [-0.1, -0.05) is 43.2 Å². The molecule has 1 atom stereocenters. The fourth-order valence-electron chi connectivity index (χ4n) is 1.93. The van der Waals surface area contributed by atoms with E-state index >= 15 is 0 Å². The number of ether oxygens (including phenoxy) is 1. The maximum absolute atomic E-state index is 5.04. The van der Waals surface area contributed by atoms with Crippen LogP contribution in [0.15, 0.2) is 30.3 Å². The highest BCUT2D eigenvalue weighted by Crippen LogP contribution is 2.18. The Labute approximate surface area is 99.0 Å². The molecule has 0 heterocycles. The van der Waals surface area contributed by atoms with Gasteiger partial charge in [0, 0.05) is 19.8 Å². The predicted molar refractivity (Wildman–Crippen MR) is 68.6 cm³/mol. The molecule has 16 heavy (non-hydrogen) atoms. The predicted octanol–water partition coefficient (Wildman–Crippen LogP) is 3.15. The molecule has 90 valence electrons. The number of benzene rings is 1. The summed E-state index contributed by atoms with van der Waals surface area (Å²) < 4.78 is 5.04. The van der Waals surface area contributed by atoms with E-state index in [1.54, 1.807) is 7.11 Å². The van der Waals surface area contributed by atoms with Gasteiger partial charge in [0.05, 0.1) is 0 Å². The summed E-state index contributed by atoms with van der Waals surface area (Å²) in [7, 11) is 3.80. The molecule has 0 radical (unpaired) electrons. The van der Waals surface area contributed by atoms with Crippen molar-refractivity contribution in [3.05, 3.63) is 35.9 Å². The Morgan fingerprint density at radius 3 is 2.50 bits per heavy atom. The summed E-state index contributed by atoms with van der Waals surface area (Å²) in [4.78, 5) is 0. The lowest BCUT2D eigenvalue weighted by Gasteiger charge is -2.16. The van der Waals surface area contributed by atoms with Crippen LogP contribution in [0.3, 0.4) is 0 Å². The van der Waals surface area contributed by atoms with Gasteiger partial charge >= 0.3 is 0 Å². The first-order valence-corrected chi connectivity index (χ1v) is 6.09. The standard InChI is InChI=1S/C14H23NO/c1-15-14(11-7-4-8-12-16-2)13-9-5-3-6-10-13/h3,5-6,9-10,14-15H,4,7-8,11-12H2,1-2H3. The van der Waals surface area contributed by atoms with Crippen LogP contribution in [0.5, 0.6) is 0 Å². The van der Waals surface area contributed by atoms with Crippen molar-refractivity contribution in [3.8, 4) is 0 Å². The Balaban J connectivity index is 2.27. The lowest BCUT2D eigenvalue weighted by Crippen LogP contribution is -2.16. The second-order valence-electron chi connectivity index (χ2n) is 4.09. The van der Waals surface area contributed by atoms with Gasteiger partial charge in [-0.15, -0.1) is 0 Å².